The zero-order chi connectivity index (χ0) is 12.6. The van der Waals surface area contributed by atoms with E-state index in [0.717, 1.165) is 10.8 Å². The number of H-pyrrole nitrogens is 1. The highest BCUT2D eigenvalue weighted by atomic mass is 31.0. The van der Waals surface area contributed by atoms with Gasteiger partial charge in [-0.3, -0.25) is 14.3 Å². The van der Waals surface area contributed by atoms with Crippen molar-refractivity contribution in [1.29, 1.82) is 0 Å². The van der Waals surface area contributed by atoms with Crippen LogP contribution >= 0.6 is 9.90 Å². The molecule has 10 heteroatoms. The first-order valence-electron chi connectivity index (χ1n) is 4.98. The van der Waals surface area contributed by atoms with Gasteiger partial charge in [0.15, 0.2) is 0 Å². The highest BCUT2D eigenvalue weighted by molar-refractivity contribution is 6.92. The summed E-state index contributed by atoms with van der Waals surface area (Å²) in [6.45, 7) is -0.405. The van der Waals surface area contributed by atoms with Gasteiger partial charge in [0.25, 0.3) is 5.56 Å². The summed E-state index contributed by atoms with van der Waals surface area (Å²) < 4.78 is 19.0. The van der Waals surface area contributed by atoms with E-state index in [4.69, 9.17) is 9.84 Å². The molecule has 1 aliphatic heterocycles. The Bertz CT molecular complexity index is 533. The van der Waals surface area contributed by atoms with Crippen molar-refractivity contribution < 1.29 is 19.3 Å². The quantitative estimate of drug-likeness (QED) is 0.492. The molecule has 19 heavy (non-hydrogen) atoms. The number of aliphatic hydroxyl groups is 2. The number of aromatic nitrogens is 2. The number of aliphatic hydroxyl groups excluding tert-OH is 2. The zero-order valence-corrected chi connectivity index (χ0v) is 11.5. The van der Waals surface area contributed by atoms with E-state index in [1.54, 1.807) is 4.98 Å². The first kappa shape index (κ1) is 17.9. The van der Waals surface area contributed by atoms with E-state index in [9.17, 15) is 19.1 Å². The normalized spacial score (nSPS) is 25.5. The maximum absolute atomic E-state index is 13.0. The lowest BCUT2D eigenvalue weighted by Crippen LogP contribution is -2.34. The van der Waals surface area contributed by atoms with Crippen molar-refractivity contribution in [3.63, 3.8) is 0 Å². The molecule has 0 aliphatic carbocycles. The Morgan fingerprint density at radius 1 is 1.53 bits per heavy atom. The van der Waals surface area contributed by atoms with Gasteiger partial charge in [0, 0.05) is 6.42 Å². The third kappa shape index (κ3) is 3.46. The fourth-order valence-corrected chi connectivity index (χ4v) is 1.72. The number of rotatable bonds is 2. The van der Waals surface area contributed by atoms with Crippen LogP contribution in [0.3, 0.4) is 0 Å². The van der Waals surface area contributed by atoms with Gasteiger partial charge in [0.1, 0.15) is 12.3 Å². The number of nitrogens with one attached hydrogen (secondary N) is 1. The maximum atomic E-state index is 13.0. The molecule has 1 aromatic rings. The van der Waals surface area contributed by atoms with Crippen molar-refractivity contribution in [3.8, 4) is 0 Å². The van der Waals surface area contributed by atoms with Gasteiger partial charge in [0.05, 0.1) is 18.9 Å². The molecule has 0 aromatic carbocycles. The van der Waals surface area contributed by atoms with Gasteiger partial charge in [-0.1, -0.05) is 0 Å². The van der Waals surface area contributed by atoms with Gasteiger partial charge in [-0.05, 0) is 0 Å². The summed E-state index contributed by atoms with van der Waals surface area (Å²) in [7, 11) is 0. The predicted octanol–water partition coefficient (Wildman–Crippen LogP) is -1.46. The van der Waals surface area contributed by atoms with Gasteiger partial charge in [-0.15, -0.1) is 0 Å². The lowest BCUT2D eigenvalue weighted by molar-refractivity contribution is -0.0462. The third-order valence-electron chi connectivity index (χ3n) is 2.62. The number of hydrogen-bond donors (Lipinski definition) is 4. The minimum absolute atomic E-state index is 0. The van der Waals surface area contributed by atoms with Crippen molar-refractivity contribution in [2.75, 3.05) is 6.61 Å². The third-order valence-corrected chi connectivity index (χ3v) is 2.62. The smallest absolute Gasteiger partial charge is 0.330 e. The van der Waals surface area contributed by atoms with Gasteiger partial charge < -0.3 is 21.1 Å². The first-order chi connectivity index (χ1) is 8.02. The average molecular weight is 297 g/mol. The molecule has 1 saturated heterocycles. The van der Waals surface area contributed by atoms with Crippen molar-refractivity contribution in [2.24, 2.45) is 0 Å². The van der Waals surface area contributed by atoms with E-state index < -0.39 is 42.1 Å². The molecule has 2 rings (SSSR count). The van der Waals surface area contributed by atoms with Crippen LogP contribution in [0.25, 0.3) is 0 Å². The maximum Gasteiger partial charge on any atom is 0.330 e. The molecule has 1 fully saturated rings. The van der Waals surface area contributed by atoms with Gasteiger partial charge in [-0.2, -0.15) is 14.3 Å². The predicted molar refractivity (Wildman–Crippen MR) is 69.0 cm³/mol. The fourth-order valence-electron chi connectivity index (χ4n) is 1.72. The van der Waals surface area contributed by atoms with Gasteiger partial charge in [-0.25, -0.2) is 4.79 Å². The molecule has 6 N–H and O–H groups in total. The largest absolute Gasteiger partial charge is 0.394 e. The number of halogens is 1. The molecule has 110 valence electrons. The molecule has 1 aromatic heterocycles. The molecule has 0 amide bonds. The van der Waals surface area contributed by atoms with Crippen LogP contribution in [0.5, 0.6) is 0 Å². The van der Waals surface area contributed by atoms with Crippen molar-refractivity contribution in [2.45, 2.75) is 24.9 Å². The SMILES string of the molecule is N.O=c1[nH]c(=O)n([C@H]2C[C@H](O)[C@@H](CO)O2)cc1F.P. The minimum Gasteiger partial charge on any atom is -0.394 e. The van der Waals surface area contributed by atoms with Crippen LogP contribution in [0.1, 0.15) is 12.6 Å². The Balaban J connectivity index is 0.00000162. The molecule has 1 aliphatic rings. The highest BCUT2D eigenvalue weighted by Gasteiger charge is 2.35. The molecule has 0 saturated carbocycles. The Labute approximate surface area is 110 Å². The molecule has 8 nitrogen and oxygen atoms in total. The van der Waals surface area contributed by atoms with E-state index >= 15 is 0 Å². The molecular weight excluding hydrogens is 280 g/mol. The first-order valence-corrected chi connectivity index (χ1v) is 4.98. The molecular formula is C9H17FN3O5P. The Morgan fingerprint density at radius 2 is 2.16 bits per heavy atom. The lowest BCUT2D eigenvalue weighted by Gasteiger charge is -2.13. The van der Waals surface area contributed by atoms with Crippen LogP contribution in [0.2, 0.25) is 0 Å². The molecule has 4 atom stereocenters. The van der Waals surface area contributed by atoms with E-state index in [2.05, 4.69) is 0 Å². The van der Waals surface area contributed by atoms with Gasteiger partial charge >= 0.3 is 5.69 Å². The van der Waals surface area contributed by atoms with Crippen LogP contribution in [-0.4, -0.2) is 38.6 Å². The lowest BCUT2D eigenvalue weighted by atomic mass is 10.2. The fraction of sp³-hybridized carbons (Fsp3) is 0.556. The number of nitrogens with zero attached hydrogens (tertiary/aromatic N) is 1. The summed E-state index contributed by atoms with van der Waals surface area (Å²) in [5.41, 5.74) is -1.93. The second-order valence-electron chi connectivity index (χ2n) is 3.76. The summed E-state index contributed by atoms with van der Waals surface area (Å²) >= 11 is 0. The second kappa shape index (κ2) is 6.88. The van der Waals surface area contributed by atoms with Crippen LogP contribution in [0.15, 0.2) is 15.8 Å². The van der Waals surface area contributed by atoms with Crippen molar-refractivity contribution >= 4 is 9.90 Å². The molecule has 0 bridgehead atoms. The summed E-state index contributed by atoms with van der Waals surface area (Å²) in [4.78, 5) is 24.0. The van der Waals surface area contributed by atoms with Crippen LogP contribution in [0, 0.1) is 5.82 Å². The van der Waals surface area contributed by atoms with E-state index in [1.165, 1.54) is 0 Å². The van der Waals surface area contributed by atoms with Gasteiger partial charge in [0.2, 0.25) is 5.82 Å². The minimum atomic E-state index is -1.12. The molecule has 0 spiro atoms. The molecule has 2 heterocycles. The second-order valence-corrected chi connectivity index (χ2v) is 3.76. The monoisotopic (exact) mass is 297 g/mol. The summed E-state index contributed by atoms with van der Waals surface area (Å²) in [6.07, 6.45) is -1.90. The summed E-state index contributed by atoms with van der Waals surface area (Å²) in [5.74, 6) is -1.12. The molecule has 1 unspecified atom stereocenters. The Hall–Kier alpha value is -1.12. The average Bonchev–Trinajstić information content (AvgIpc) is 2.65. The van der Waals surface area contributed by atoms with Crippen molar-refractivity contribution in [3.05, 3.63) is 32.9 Å². The topological polar surface area (TPSA) is 140 Å². The van der Waals surface area contributed by atoms with Crippen LogP contribution in [0.4, 0.5) is 4.39 Å². The standard InChI is InChI=1S/C9H11FN2O5.H3N.H3P/c10-4-2-12(9(16)11-8(4)15)7-1-5(14)6(3-13)17-7;;/h2,5-7,13-14H,1,3H2,(H,11,15,16);2*1H3/t5-,6+,7+;;/m0../s1. The van der Waals surface area contributed by atoms with E-state index in [-0.39, 0.29) is 22.5 Å². The number of ether oxygens (including phenoxy) is 1. The Morgan fingerprint density at radius 3 is 2.68 bits per heavy atom. The number of hydrogen-bond acceptors (Lipinski definition) is 6. The van der Waals surface area contributed by atoms with Crippen molar-refractivity contribution in [1.82, 2.24) is 15.7 Å². The van der Waals surface area contributed by atoms with E-state index in [0.29, 0.717) is 0 Å². The highest BCUT2D eigenvalue weighted by Crippen LogP contribution is 2.26. The Kier molecular flexibility index (Phi) is 6.47. The van der Waals surface area contributed by atoms with Crippen LogP contribution < -0.4 is 17.4 Å². The zero-order valence-electron chi connectivity index (χ0n) is 10.1. The summed E-state index contributed by atoms with van der Waals surface area (Å²) in [6, 6.07) is 0. The molecule has 0 radical (unpaired) electrons. The summed E-state index contributed by atoms with van der Waals surface area (Å²) in [5, 5.41) is 18.3. The van der Waals surface area contributed by atoms with E-state index in [1.807, 2.05) is 0 Å². The van der Waals surface area contributed by atoms with Crippen LogP contribution in [-0.2, 0) is 4.74 Å². The number of aromatic amines is 1.